The second-order valence-electron chi connectivity index (χ2n) is 2.22. The van der Waals surface area contributed by atoms with Crippen molar-refractivity contribution in [1.29, 1.82) is 5.41 Å². The molecule has 1 atom stereocenters. The van der Waals surface area contributed by atoms with Crippen LogP contribution in [0.3, 0.4) is 0 Å². The lowest BCUT2D eigenvalue weighted by molar-refractivity contribution is -0.138. The molecule has 0 aromatic rings. The minimum absolute atomic E-state index is 0.145. The fourth-order valence-electron chi connectivity index (χ4n) is 0.520. The topological polar surface area (TPSA) is 87.2 Å². The van der Waals surface area contributed by atoms with Gasteiger partial charge in [0.1, 0.15) is 6.04 Å². The van der Waals surface area contributed by atoms with Crippen LogP contribution in [-0.2, 0) is 4.79 Å². The highest BCUT2D eigenvalue weighted by molar-refractivity contribution is 6.28. The Labute approximate surface area is 69.8 Å². The van der Waals surface area contributed by atoms with E-state index in [1.54, 1.807) is 0 Å². The van der Waals surface area contributed by atoms with Gasteiger partial charge in [0.2, 0.25) is 0 Å². The molecule has 0 aromatic heterocycles. The predicted octanol–water partition coefficient (Wildman–Crippen LogP) is 0.437. The molecule has 0 fully saturated rings. The SMILES string of the molecule is N=C(CCl)CCC(N)C(=O)O. The Bertz CT molecular complexity index is 161. The fraction of sp³-hybridized carbons (Fsp3) is 0.667. The van der Waals surface area contributed by atoms with Gasteiger partial charge in [-0.2, -0.15) is 0 Å². The number of hydrogen-bond donors (Lipinski definition) is 3. The summed E-state index contributed by atoms with van der Waals surface area (Å²) in [6.45, 7) is 0. The number of halogens is 1. The first-order valence-electron chi connectivity index (χ1n) is 3.18. The van der Waals surface area contributed by atoms with Gasteiger partial charge in [-0.05, 0) is 12.8 Å². The molecule has 0 saturated heterocycles. The molecule has 5 heteroatoms. The first kappa shape index (κ1) is 10.4. The first-order valence-corrected chi connectivity index (χ1v) is 3.72. The number of aliphatic carboxylic acids is 1. The maximum Gasteiger partial charge on any atom is 0.320 e. The molecule has 4 N–H and O–H groups in total. The van der Waals surface area contributed by atoms with Gasteiger partial charge in [0.05, 0.1) is 5.88 Å². The molecule has 0 saturated carbocycles. The molecule has 0 aliphatic rings. The molecule has 0 rings (SSSR count). The number of nitrogens with one attached hydrogen (secondary N) is 1. The maximum absolute atomic E-state index is 10.2. The Hall–Kier alpha value is -0.610. The van der Waals surface area contributed by atoms with Crippen molar-refractivity contribution < 1.29 is 9.90 Å². The van der Waals surface area contributed by atoms with Crippen LogP contribution in [0.4, 0.5) is 0 Å². The summed E-state index contributed by atoms with van der Waals surface area (Å²) in [5.74, 6) is -0.890. The van der Waals surface area contributed by atoms with Crippen molar-refractivity contribution in [3.05, 3.63) is 0 Å². The zero-order valence-corrected chi connectivity index (χ0v) is 6.77. The van der Waals surface area contributed by atoms with Crippen LogP contribution < -0.4 is 5.73 Å². The Morgan fingerprint density at radius 2 is 2.27 bits per heavy atom. The zero-order valence-electron chi connectivity index (χ0n) is 6.01. The van der Waals surface area contributed by atoms with Gasteiger partial charge in [-0.3, -0.25) is 4.79 Å². The average Bonchev–Trinajstić information content (AvgIpc) is 1.99. The summed E-state index contributed by atoms with van der Waals surface area (Å²) in [5.41, 5.74) is 5.50. The largest absolute Gasteiger partial charge is 0.480 e. The van der Waals surface area contributed by atoms with Crippen molar-refractivity contribution in [2.24, 2.45) is 5.73 Å². The van der Waals surface area contributed by atoms with Crippen molar-refractivity contribution in [3.63, 3.8) is 0 Å². The van der Waals surface area contributed by atoms with Gasteiger partial charge in [-0.1, -0.05) is 0 Å². The molecule has 0 aliphatic carbocycles. The van der Waals surface area contributed by atoms with Crippen molar-refractivity contribution in [1.82, 2.24) is 0 Å². The molecular formula is C6H11ClN2O2. The van der Waals surface area contributed by atoms with Gasteiger partial charge >= 0.3 is 5.97 Å². The van der Waals surface area contributed by atoms with E-state index < -0.39 is 12.0 Å². The number of hydrogen-bond acceptors (Lipinski definition) is 3. The van der Waals surface area contributed by atoms with E-state index in [0.717, 1.165) is 0 Å². The summed E-state index contributed by atoms with van der Waals surface area (Å²) in [7, 11) is 0. The Morgan fingerprint density at radius 1 is 1.73 bits per heavy atom. The summed E-state index contributed by atoms with van der Waals surface area (Å²) >= 11 is 5.30. The van der Waals surface area contributed by atoms with Gasteiger partial charge in [0, 0.05) is 5.71 Å². The third-order valence-corrected chi connectivity index (χ3v) is 1.56. The molecule has 11 heavy (non-hydrogen) atoms. The van der Waals surface area contributed by atoms with E-state index in [1.165, 1.54) is 0 Å². The number of alkyl halides is 1. The van der Waals surface area contributed by atoms with Crippen molar-refractivity contribution >= 4 is 23.3 Å². The lowest BCUT2D eigenvalue weighted by atomic mass is 10.1. The normalized spacial score (nSPS) is 12.5. The molecule has 0 aromatic carbocycles. The molecule has 0 spiro atoms. The number of nitrogens with two attached hydrogens (primary N) is 1. The number of carboxylic acid groups (broad SMARTS) is 1. The van der Waals surface area contributed by atoms with Crippen LogP contribution in [0, 0.1) is 5.41 Å². The molecular weight excluding hydrogens is 168 g/mol. The van der Waals surface area contributed by atoms with E-state index in [2.05, 4.69) is 0 Å². The molecule has 0 aliphatic heterocycles. The standard InChI is InChI=1S/C6H11ClN2O2/c7-3-4(8)1-2-5(9)6(10)11/h5,8H,1-3,9H2,(H,10,11). The highest BCUT2D eigenvalue weighted by Gasteiger charge is 2.11. The molecule has 1 unspecified atom stereocenters. The molecule has 64 valence electrons. The third kappa shape index (κ3) is 4.75. The van der Waals surface area contributed by atoms with Crippen molar-refractivity contribution in [2.45, 2.75) is 18.9 Å². The monoisotopic (exact) mass is 178 g/mol. The summed E-state index contributed by atoms with van der Waals surface area (Å²) < 4.78 is 0. The second kappa shape index (κ2) is 5.09. The van der Waals surface area contributed by atoms with Gasteiger partial charge < -0.3 is 16.2 Å². The average molecular weight is 179 g/mol. The Kier molecular flexibility index (Phi) is 4.81. The lowest BCUT2D eigenvalue weighted by Gasteiger charge is -2.04. The van der Waals surface area contributed by atoms with Crippen LogP contribution in [0.2, 0.25) is 0 Å². The van der Waals surface area contributed by atoms with Crippen LogP contribution in [-0.4, -0.2) is 28.7 Å². The molecule has 4 nitrogen and oxygen atoms in total. The summed E-state index contributed by atoms with van der Waals surface area (Å²) in [4.78, 5) is 10.2. The zero-order chi connectivity index (χ0) is 8.85. The van der Waals surface area contributed by atoms with E-state index in [9.17, 15) is 4.79 Å². The van der Waals surface area contributed by atoms with Gasteiger partial charge in [-0.25, -0.2) is 0 Å². The fourth-order valence-corrected chi connectivity index (χ4v) is 0.654. The first-order chi connectivity index (χ1) is 5.07. The van der Waals surface area contributed by atoms with Crippen LogP contribution in [0.15, 0.2) is 0 Å². The number of carbonyl (C=O) groups is 1. The summed E-state index contributed by atoms with van der Waals surface area (Å²) in [5, 5.41) is 15.4. The van der Waals surface area contributed by atoms with Crippen molar-refractivity contribution in [3.8, 4) is 0 Å². The highest BCUT2D eigenvalue weighted by Crippen LogP contribution is 1.97. The van der Waals surface area contributed by atoms with Crippen LogP contribution >= 0.6 is 11.6 Å². The van der Waals surface area contributed by atoms with Crippen LogP contribution in [0.5, 0.6) is 0 Å². The van der Waals surface area contributed by atoms with Crippen LogP contribution in [0.25, 0.3) is 0 Å². The smallest absolute Gasteiger partial charge is 0.320 e. The molecule has 0 amide bonds. The number of carboxylic acids is 1. The predicted molar refractivity (Wildman–Crippen MR) is 43.3 cm³/mol. The van der Waals surface area contributed by atoms with E-state index in [-0.39, 0.29) is 12.3 Å². The minimum Gasteiger partial charge on any atom is -0.480 e. The van der Waals surface area contributed by atoms with Crippen molar-refractivity contribution in [2.75, 3.05) is 5.88 Å². The summed E-state index contributed by atoms with van der Waals surface area (Å²) in [6.07, 6.45) is 0.637. The molecule has 0 bridgehead atoms. The van der Waals surface area contributed by atoms with Gasteiger partial charge in [0.15, 0.2) is 0 Å². The minimum atomic E-state index is -1.03. The number of rotatable bonds is 5. The van der Waals surface area contributed by atoms with E-state index in [0.29, 0.717) is 12.1 Å². The lowest BCUT2D eigenvalue weighted by Crippen LogP contribution is -2.30. The second-order valence-corrected chi connectivity index (χ2v) is 2.49. The van der Waals surface area contributed by atoms with Gasteiger partial charge in [-0.15, -0.1) is 11.6 Å². The Morgan fingerprint density at radius 3 is 2.64 bits per heavy atom. The summed E-state index contributed by atoms with van der Waals surface area (Å²) in [6, 6.07) is -0.876. The quantitative estimate of drug-likeness (QED) is 0.422. The molecule has 0 heterocycles. The maximum atomic E-state index is 10.2. The van der Waals surface area contributed by atoms with E-state index in [4.69, 9.17) is 27.9 Å². The third-order valence-electron chi connectivity index (χ3n) is 1.24. The van der Waals surface area contributed by atoms with Gasteiger partial charge in [0.25, 0.3) is 0 Å². The van der Waals surface area contributed by atoms with Crippen LogP contribution in [0.1, 0.15) is 12.8 Å². The highest BCUT2D eigenvalue weighted by atomic mass is 35.5. The Balaban J connectivity index is 3.54. The molecule has 0 radical (unpaired) electrons. The van der Waals surface area contributed by atoms with E-state index >= 15 is 0 Å². The van der Waals surface area contributed by atoms with E-state index in [1.807, 2.05) is 0 Å².